The number of methoxy groups -OCH3 is 1. The highest BCUT2D eigenvalue weighted by Gasteiger charge is 2.05. The van der Waals surface area contributed by atoms with Crippen LogP contribution in [-0.4, -0.2) is 20.7 Å². The Morgan fingerprint density at radius 2 is 2.14 bits per heavy atom. The van der Waals surface area contributed by atoms with Crippen LogP contribution >= 0.6 is 0 Å². The van der Waals surface area contributed by atoms with Crippen molar-refractivity contribution < 1.29 is 4.74 Å². The molecule has 0 aliphatic heterocycles. The minimum absolute atomic E-state index is 0.793. The molecule has 0 atom stereocenters. The molecule has 0 aliphatic rings. The average molecular weight is 194 g/mol. The zero-order valence-corrected chi connectivity index (χ0v) is 9.08. The summed E-state index contributed by atoms with van der Waals surface area (Å²) in [6, 6.07) is 5.71. The lowest BCUT2D eigenvalue weighted by Crippen LogP contribution is -2.19. The molecule has 0 unspecified atom stereocenters. The minimum atomic E-state index is 0.793. The first kappa shape index (κ1) is 10.7. The molecule has 0 saturated carbocycles. The topological polar surface area (TPSA) is 38.5 Å². The predicted octanol–water partition coefficient (Wildman–Crippen LogP) is 2.12. The normalized spacial score (nSPS) is 9.93. The molecule has 0 amide bonds. The molecule has 0 heterocycles. The van der Waals surface area contributed by atoms with Gasteiger partial charge in [0.25, 0.3) is 0 Å². The molecule has 78 valence electrons. The number of hydrogen-bond donors (Lipinski definition) is 1. The van der Waals surface area contributed by atoms with Gasteiger partial charge in [-0.3, -0.25) is 0 Å². The monoisotopic (exact) mass is 194 g/mol. The molecule has 0 bridgehead atoms. The fraction of sp³-hybridized carbons (Fsp3) is 0.455. The van der Waals surface area contributed by atoms with Gasteiger partial charge in [0.2, 0.25) is 0 Å². The number of ether oxygens (including phenoxy) is 1. The fourth-order valence-corrected chi connectivity index (χ4v) is 1.44. The maximum Gasteiger partial charge on any atom is 0.121 e. The van der Waals surface area contributed by atoms with Crippen molar-refractivity contribution in [2.75, 3.05) is 31.3 Å². The van der Waals surface area contributed by atoms with Gasteiger partial charge in [-0.1, -0.05) is 6.92 Å². The summed E-state index contributed by atoms with van der Waals surface area (Å²) in [6.45, 7) is 3.14. The van der Waals surface area contributed by atoms with Crippen molar-refractivity contribution in [2.45, 2.75) is 13.3 Å². The summed E-state index contributed by atoms with van der Waals surface area (Å²) in [5.74, 6) is 0.845. The zero-order valence-electron chi connectivity index (χ0n) is 9.08. The second kappa shape index (κ2) is 4.74. The number of nitrogen functional groups attached to an aromatic ring is 1. The third-order valence-corrected chi connectivity index (χ3v) is 2.21. The van der Waals surface area contributed by atoms with Crippen LogP contribution in [0.3, 0.4) is 0 Å². The maximum atomic E-state index is 5.88. The first-order chi connectivity index (χ1) is 6.69. The van der Waals surface area contributed by atoms with Crippen LogP contribution in [0.25, 0.3) is 0 Å². The highest BCUT2D eigenvalue weighted by atomic mass is 16.5. The van der Waals surface area contributed by atoms with E-state index in [1.165, 1.54) is 0 Å². The molecule has 0 fully saturated rings. The summed E-state index contributed by atoms with van der Waals surface area (Å²) in [4.78, 5) is 2.14. The van der Waals surface area contributed by atoms with Crippen LogP contribution in [0.5, 0.6) is 5.75 Å². The van der Waals surface area contributed by atoms with Crippen LogP contribution in [0, 0.1) is 0 Å². The summed E-state index contributed by atoms with van der Waals surface area (Å²) in [5, 5.41) is 0. The quantitative estimate of drug-likeness (QED) is 0.746. The second-order valence-electron chi connectivity index (χ2n) is 3.35. The van der Waals surface area contributed by atoms with E-state index in [1.807, 2.05) is 25.2 Å². The summed E-state index contributed by atoms with van der Waals surface area (Å²) < 4.78 is 5.16. The van der Waals surface area contributed by atoms with Crippen molar-refractivity contribution in [3.63, 3.8) is 0 Å². The molecule has 14 heavy (non-hydrogen) atoms. The van der Waals surface area contributed by atoms with Gasteiger partial charge >= 0.3 is 0 Å². The van der Waals surface area contributed by atoms with Gasteiger partial charge in [0.15, 0.2) is 0 Å². The zero-order chi connectivity index (χ0) is 10.6. The first-order valence-electron chi connectivity index (χ1n) is 4.83. The Kier molecular flexibility index (Phi) is 3.63. The molecule has 0 aromatic heterocycles. The fourth-order valence-electron chi connectivity index (χ4n) is 1.44. The molecule has 0 spiro atoms. The van der Waals surface area contributed by atoms with Crippen molar-refractivity contribution in [3.05, 3.63) is 18.2 Å². The molecule has 1 rings (SSSR count). The summed E-state index contributed by atoms with van der Waals surface area (Å²) in [7, 11) is 3.70. The standard InChI is InChI=1S/C11H18N2O/c1-4-7-13(2)11-8-9(14-3)5-6-10(11)12/h5-6,8H,4,7,12H2,1-3H3. The summed E-state index contributed by atoms with van der Waals surface area (Å²) in [5.41, 5.74) is 7.70. The molecule has 0 saturated heterocycles. The van der Waals surface area contributed by atoms with Crippen LogP contribution in [0.15, 0.2) is 18.2 Å². The van der Waals surface area contributed by atoms with Crippen molar-refractivity contribution in [1.29, 1.82) is 0 Å². The van der Waals surface area contributed by atoms with E-state index in [2.05, 4.69) is 11.8 Å². The number of rotatable bonds is 4. The molecule has 1 aromatic carbocycles. The van der Waals surface area contributed by atoms with E-state index in [1.54, 1.807) is 7.11 Å². The Morgan fingerprint density at radius 1 is 1.43 bits per heavy atom. The van der Waals surface area contributed by atoms with Crippen molar-refractivity contribution in [1.82, 2.24) is 0 Å². The molecule has 0 aliphatic carbocycles. The number of nitrogens with zero attached hydrogens (tertiary/aromatic N) is 1. The van der Waals surface area contributed by atoms with Crippen molar-refractivity contribution in [3.8, 4) is 5.75 Å². The Morgan fingerprint density at radius 3 is 2.71 bits per heavy atom. The largest absolute Gasteiger partial charge is 0.497 e. The number of benzene rings is 1. The average Bonchev–Trinajstić information content (AvgIpc) is 2.19. The molecule has 0 radical (unpaired) electrons. The van der Waals surface area contributed by atoms with Gasteiger partial charge in [-0.25, -0.2) is 0 Å². The van der Waals surface area contributed by atoms with Crippen LogP contribution in [0.4, 0.5) is 11.4 Å². The Balaban J connectivity index is 2.93. The highest BCUT2D eigenvalue weighted by Crippen LogP contribution is 2.27. The van der Waals surface area contributed by atoms with Gasteiger partial charge in [-0.2, -0.15) is 0 Å². The van der Waals surface area contributed by atoms with E-state index in [-0.39, 0.29) is 0 Å². The SMILES string of the molecule is CCCN(C)c1cc(OC)ccc1N. The lowest BCUT2D eigenvalue weighted by molar-refractivity contribution is 0.415. The Hall–Kier alpha value is -1.38. The van der Waals surface area contributed by atoms with Gasteiger partial charge in [-0.15, -0.1) is 0 Å². The Labute approximate surface area is 85.5 Å². The van der Waals surface area contributed by atoms with E-state index in [9.17, 15) is 0 Å². The lowest BCUT2D eigenvalue weighted by Gasteiger charge is -2.20. The predicted molar refractivity (Wildman–Crippen MR) is 61.0 cm³/mol. The van der Waals surface area contributed by atoms with E-state index in [4.69, 9.17) is 10.5 Å². The number of nitrogens with two attached hydrogens (primary N) is 1. The van der Waals surface area contributed by atoms with Crippen molar-refractivity contribution in [2.24, 2.45) is 0 Å². The molecular weight excluding hydrogens is 176 g/mol. The Bertz CT molecular complexity index is 299. The molecule has 3 nitrogen and oxygen atoms in total. The summed E-state index contributed by atoms with van der Waals surface area (Å²) >= 11 is 0. The lowest BCUT2D eigenvalue weighted by atomic mass is 10.2. The first-order valence-corrected chi connectivity index (χ1v) is 4.83. The van der Waals surface area contributed by atoms with Gasteiger partial charge in [0, 0.05) is 19.7 Å². The van der Waals surface area contributed by atoms with Gasteiger partial charge < -0.3 is 15.4 Å². The highest BCUT2D eigenvalue weighted by molar-refractivity contribution is 5.69. The van der Waals surface area contributed by atoms with Crippen LogP contribution < -0.4 is 15.4 Å². The van der Waals surface area contributed by atoms with Crippen molar-refractivity contribution >= 4 is 11.4 Å². The molecule has 3 heteroatoms. The smallest absolute Gasteiger partial charge is 0.121 e. The number of anilines is 2. The third kappa shape index (κ3) is 2.31. The van der Waals surface area contributed by atoms with E-state index < -0.39 is 0 Å². The van der Waals surface area contributed by atoms with Crippen LogP contribution in [0.1, 0.15) is 13.3 Å². The number of hydrogen-bond acceptors (Lipinski definition) is 3. The molecular formula is C11H18N2O. The molecule has 1 aromatic rings. The third-order valence-electron chi connectivity index (χ3n) is 2.21. The molecule has 2 N–H and O–H groups in total. The van der Waals surface area contributed by atoms with Gasteiger partial charge in [0.1, 0.15) is 5.75 Å². The van der Waals surface area contributed by atoms with Gasteiger partial charge in [-0.05, 0) is 18.6 Å². The maximum absolute atomic E-state index is 5.88. The van der Waals surface area contributed by atoms with E-state index >= 15 is 0 Å². The minimum Gasteiger partial charge on any atom is -0.497 e. The van der Waals surface area contributed by atoms with E-state index in [0.717, 1.165) is 30.1 Å². The van der Waals surface area contributed by atoms with Gasteiger partial charge in [0.05, 0.1) is 18.5 Å². The van der Waals surface area contributed by atoms with Crippen LogP contribution in [0.2, 0.25) is 0 Å². The van der Waals surface area contributed by atoms with E-state index in [0.29, 0.717) is 0 Å². The second-order valence-corrected chi connectivity index (χ2v) is 3.35. The van der Waals surface area contributed by atoms with Crippen LogP contribution in [-0.2, 0) is 0 Å². The summed E-state index contributed by atoms with van der Waals surface area (Å²) in [6.07, 6.45) is 1.10.